The number of thioether (sulfide) groups is 1. The van der Waals surface area contributed by atoms with E-state index in [1.54, 1.807) is 28.8 Å². The molecule has 0 fully saturated rings. The van der Waals surface area contributed by atoms with Crippen LogP contribution in [0.3, 0.4) is 0 Å². The number of rotatable bonds is 8. The van der Waals surface area contributed by atoms with E-state index in [4.69, 9.17) is 17.3 Å². The fourth-order valence-electron chi connectivity index (χ4n) is 2.99. The molecule has 2 aromatic carbocycles. The number of nitrogens with two attached hydrogens (primary N) is 1. The maximum Gasteiger partial charge on any atom is 0.247 e. The molecule has 4 N–H and O–H groups in total. The van der Waals surface area contributed by atoms with Crippen LogP contribution < -0.4 is 16.4 Å². The quantitative estimate of drug-likeness (QED) is 0.432. The minimum absolute atomic E-state index is 0.160. The normalized spacial score (nSPS) is 11.7. The van der Waals surface area contributed by atoms with E-state index in [0.717, 1.165) is 5.56 Å². The summed E-state index contributed by atoms with van der Waals surface area (Å²) in [5.41, 5.74) is 8.26. The van der Waals surface area contributed by atoms with Gasteiger partial charge in [-0.2, -0.15) is 0 Å². The number of nitrogens with zero attached hydrogens (tertiary/aromatic N) is 3. The lowest BCUT2D eigenvalue weighted by molar-refractivity contribution is -0.119. The summed E-state index contributed by atoms with van der Waals surface area (Å²) in [6.07, 6.45) is 0.498. The average Bonchev–Trinajstić information content (AvgIpc) is 3.09. The molecule has 0 bridgehead atoms. The number of hydrogen-bond acceptors (Lipinski definition) is 6. The summed E-state index contributed by atoms with van der Waals surface area (Å²) in [6.45, 7) is 3.33. The predicted octanol–water partition coefficient (Wildman–Crippen LogP) is 4.35. The molecule has 0 saturated carbocycles. The van der Waals surface area contributed by atoms with Crippen molar-refractivity contribution in [3.63, 3.8) is 0 Å². The summed E-state index contributed by atoms with van der Waals surface area (Å²) in [7, 11) is 0. The van der Waals surface area contributed by atoms with Gasteiger partial charge >= 0.3 is 0 Å². The number of nitrogen functional groups attached to an aromatic ring is 1. The monoisotopic (exact) mass is 458 g/mol. The van der Waals surface area contributed by atoms with Crippen molar-refractivity contribution in [1.29, 1.82) is 0 Å². The molecule has 3 rings (SSSR count). The second-order valence-electron chi connectivity index (χ2n) is 6.76. The molecule has 8 nitrogen and oxygen atoms in total. The Balaban J connectivity index is 1.74. The molecule has 1 aromatic heterocycles. The Morgan fingerprint density at radius 2 is 1.74 bits per heavy atom. The van der Waals surface area contributed by atoms with Crippen LogP contribution in [0.5, 0.6) is 0 Å². The lowest BCUT2D eigenvalue weighted by Gasteiger charge is -2.19. The zero-order chi connectivity index (χ0) is 22.4. The predicted molar refractivity (Wildman–Crippen MR) is 124 cm³/mol. The molecule has 31 heavy (non-hydrogen) atoms. The fourth-order valence-corrected chi connectivity index (χ4v) is 4.26. The van der Waals surface area contributed by atoms with Gasteiger partial charge in [0, 0.05) is 29.1 Å². The minimum atomic E-state index is -0.584. The summed E-state index contributed by atoms with van der Waals surface area (Å²) in [4.78, 5) is 24.1. The second kappa shape index (κ2) is 10.3. The number of carbonyl (C=O) groups excluding carboxylic acids is 2. The second-order valence-corrected chi connectivity index (χ2v) is 8.11. The van der Waals surface area contributed by atoms with E-state index in [0.29, 0.717) is 33.7 Å². The molecule has 0 saturated heterocycles. The third kappa shape index (κ3) is 5.77. The molecule has 0 spiro atoms. The van der Waals surface area contributed by atoms with Crippen molar-refractivity contribution < 1.29 is 9.59 Å². The number of hydrogen-bond donors (Lipinski definition) is 3. The van der Waals surface area contributed by atoms with E-state index >= 15 is 0 Å². The zero-order valence-electron chi connectivity index (χ0n) is 17.1. The molecule has 0 aliphatic carbocycles. The third-order valence-corrected chi connectivity index (χ3v) is 5.84. The molecule has 1 unspecified atom stereocenters. The lowest BCUT2D eigenvalue weighted by atomic mass is 10.2. The number of anilines is 3. The maximum atomic E-state index is 13.0. The van der Waals surface area contributed by atoms with E-state index < -0.39 is 6.04 Å². The molecule has 1 atom stereocenters. The molecule has 0 aliphatic heterocycles. The standard InChI is InChI=1S/C21H23ClN6O2S/c1-3-18(19(30)25-16-10-8-15(9-11-16)24-13(2)29)28-20(23)26-27-21(28)31-12-14-6-4-5-7-17(14)22/h4-11,18H,3,12H2,1-2H3,(H2,23,26)(H,24,29)(H,25,30). The van der Waals surface area contributed by atoms with E-state index in [1.807, 2.05) is 31.2 Å². The number of amides is 2. The van der Waals surface area contributed by atoms with E-state index in [1.165, 1.54) is 18.7 Å². The summed E-state index contributed by atoms with van der Waals surface area (Å²) in [5, 5.41) is 14.9. The van der Waals surface area contributed by atoms with Crippen LogP contribution in [0, 0.1) is 0 Å². The first-order chi connectivity index (χ1) is 14.9. The topological polar surface area (TPSA) is 115 Å². The first kappa shape index (κ1) is 22.6. The molecular formula is C21H23ClN6O2S. The van der Waals surface area contributed by atoms with Gasteiger partial charge in [-0.15, -0.1) is 10.2 Å². The first-order valence-corrected chi connectivity index (χ1v) is 11.0. The van der Waals surface area contributed by atoms with Crippen molar-refractivity contribution in [3.05, 3.63) is 59.1 Å². The van der Waals surface area contributed by atoms with E-state index in [-0.39, 0.29) is 17.8 Å². The van der Waals surface area contributed by atoms with Crippen LogP contribution >= 0.6 is 23.4 Å². The number of halogens is 1. The van der Waals surface area contributed by atoms with Crippen molar-refractivity contribution in [2.45, 2.75) is 37.2 Å². The van der Waals surface area contributed by atoms with Gasteiger partial charge in [0.15, 0.2) is 5.16 Å². The van der Waals surface area contributed by atoms with Crippen LogP contribution in [0.15, 0.2) is 53.7 Å². The molecule has 0 aliphatic rings. The average molecular weight is 459 g/mol. The highest BCUT2D eigenvalue weighted by atomic mass is 35.5. The Kier molecular flexibility index (Phi) is 7.54. The van der Waals surface area contributed by atoms with Crippen molar-refractivity contribution >= 4 is 52.5 Å². The summed E-state index contributed by atoms with van der Waals surface area (Å²) < 4.78 is 1.64. The Labute approximate surface area is 189 Å². The summed E-state index contributed by atoms with van der Waals surface area (Å²) in [5.74, 6) is 0.346. The SMILES string of the molecule is CCC(C(=O)Nc1ccc(NC(C)=O)cc1)n1c(N)nnc1SCc1ccccc1Cl. The summed E-state index contributed by atoms with van der Waals surface area (Å²) in [6, 6.07) is 13.9. The molecule has 2 amide bonds. The first-order valence-electron chi connectivity index (χ1n) is 9.64. The van der Waals surface area contributed by atoms with Gasteiger partial charge < -0.3 is 16.4 Å². The molecule has 3 aromatic rings. The number of carbonyl (C=O) groups is 2. The van der Waals surface area contributed by atoms with Gasteiger partial charge in [-0.3, -0.25) is 14.2 Å². The largest absolute Gasteiger partial charge is 0.368 e. The molecule has 1 heterocycles. The van der Waals surface area contributed by atoms with Crippen LogP contribution in [0.1, 0.15) is 31.9 Å². The highest BCUT2D eigenvalue weighted by Gasteiger charge is 2.25. The lowest BCUT2D eigenvalue weighted by Crippen LogP contribution is -2.27. The van der Waals surface area contributed by atoms with Crippen molar-refractivity contribution in [1.82, 2.24) is 14.8 Å². The summed E-state index contributed by atoms with van der Waals surface area (Å²) >= 11 is 7.65. The minimum Gasteiger partial charge on any atom is -0.368 e. The molecule has 0 radical (unpaired) electrons. The number of benzene rings is 2. The molecular weight excluding hydrogens is 436 g/mol. The number of aromatic nitrogens is 3. The smallest absolute Gasteiger partial charge is 0.247 e. The van der Waals surface area contributed by atoms with Gasteiger partial charge in [-0.05, 0) is 42.3 Å². The Morgan fingerprint density at radius 3 is 2.35 bits per heavy atom. The van der Waals surface area contributed by atoms with Gasteiger partial charge in [-0.1, -0.05) is 48.5 Å². The maximum absolute atomic E-state index is 13.0. The Morgan fingerprint density at radius 1 is 1.10 bits per heavy atom. The van der Waals surface area contributed by atoms with Crippen molar-refractivity contribution in [3.8, 4) is 0 Å². The highest BCUT2D eigenvalue weighted by molar-refractivity contribution is 7.98. The van der Waals surface area contributed by atoms with Crippen molar-refractivity contribution in [2.75, 3.05) is 16.4 Å². The van der Waals surface area contributed by atoms with Crippen LogP contribution in [-0.4, -0.2) is 26.6 Å². The van der Waals surface area contributed by atoms with Crippen LogP contribution in [0.25, 0.3) is 0 Å². The Hall–Kier alpha value is -3.04. The van der Waals surface area contributed by atoms with E-state index in [9.17, 15) is 9.59 Å². The van der Waals surface area contributed by atoms with Gasteiger partial charge in [-0.25, -0.2) is 0 Å². The Bertz CT molecular complexity index is 1070. The van der Waals surface area contributed by atoms with Gasteiger partial charge in [0.05, 0.1) is 0 Å². The van der Waals surface area contributed by atoms with Gasteiger partial charge in [0.2, 0.25) is 17.8 Å². The third-order valence-electron chi connectivity index (χ3n) is 4.48. The fraction of sp³-hybridized carbons (Fsp3) is 0.238. The highest BCUT2D eigenvalue weighted by Crippen LogP contribution is 2.30. The van der Waals surface area contributed by atoms with Gasteiger partial charge in [0.1, 0.15) is 6.04 Å². The van der Waals surface area contributed by atoms with Crippen LogP contribution in [0.4, 0.5) is 17.3 Å². The van der Waals surface area contributed by atoms with Crippen LogP contribution in [-0.2, 0) is 15.3 Å². The molecule has 162 valence electrons. The zero-order valence-corrected chi connectivity index (χ0v) is 18.7. The van der Waals surface area contributed by atoms with Crippen molar-refractivity contribution in [2.24, 2.45) is 0 Å². The van der Waals surface area contributed by atoms with Gasteiger partial charge in [0.25, 0.3) is 0 Å². The van der Waals surface area contributed by atoms with Crippen LogP contribution in [0.2, 0.25) is 5.02 Å². The molecule has 10 heteroatoms. The van der Waals surface area contributed by atoms with E-state index in [2.05, 4.69) is 20.8 Å². The number of nitrogens with one attached hydrogen (secondary N) is 2.